The molecular weight excluding hydrogens is 318 g/mol. The van der Waals surface area contributed by atoms with Crippen molar-refractivity contribution in [3.05, 3.63) is 29.3 Å². The number of β-amino-alcohol motifs (C(OH)–C–C–N with tert-alkyl or cyclic N) is 2. The number of hydrogen-bond acceptors (Lipinski definition) is 5. The third kappa shape index (κ3) is 4.53. The van der Waals surface area contributed by atoms with Crippen LogP contribution in [0, 0.1) is 13.8 Å². The predicted molar refractivity (Wildman–Crippen MR) is 96.8 cm³/mol. The highest BCUT2D eigenvalue weighted by Gasteiger charge is 2.44. The third-order valence-electron chi connectivity index (χ3n) is 5.57. The lowest BCUT2D eigenvalue weighted by molar-refractivity contribution is -0.147. The largest absolute Gasteiger partial charge is 0.490 e. The highest BCUT2D eigenvalue weighted by Crippen LogP contribution is 2.32. The van der Waals surface area contributed by atoms with Gasteiger partial charge in [-0.1, -0.05) is 18.9 Å². The Hall–Kier alpha value is -1.14. The second kappa shape index (κ2) is 7.23. The molecule has 0 aromatic heterocycles. The number of aliphatic hydroxyl groups is 3. The van der Waals surface area contributed by atoms with E-state index < -0.39 is 17.3 Å². The zero-order valence-electron chi connectivity index (χ0n) is 15.4. The summed E-state index contributed by atoms with van der Waals surface area (Å²) in [5.41, 5.74) is 0.260. The Balaban J connectivity index is 1.63. The van der Waals surface area contributed by atoms with Crippen molar-refractivity contribution < 1.29 is 20.1 Å². The first-order chi connectivity index (χ1) is 11.8. The summed E-state index contributed by atoms with van der Waals surface area (Å²) in [6.07, 6.45) is 3.45. The Labute approximate surface area is 150 Å². The Kier molecular flexibility index (Phi) is 5.40. The molecule has 2 atom stereocenters. The topological polar surface area (TPSA) is 73.2 Å². The fraction of sp³-hybridized carbons (Fsp3) is 0.700. The number of nitrogens with zero attached hydrogens (tertiary/aromatic N) is 1. The first-order valence-electron chi connectivity index (χ1n) is 9.34. The second-order valence-electron chi connectivity index (χ2n) is 8.16. The van der Waals surface area contributed by atoms with Crippen molar-refractivity contribution in [2.45, 2.75) is 63.3 Å². The molecule has 2 fully saturated rings. The molecule has 25 heavy (non-hydrogen) atoms. The van der Waals surface area contributed by atoms with Crippen molar-refractivity contribution >= 4 is 0 Å². The SMILES string of the molecule is Cc1cc(C)cc(OC[C@@]2(O)CN(CC3(O)CCCC3)CC[C@@H]2O)c1. The van der Waals surface area contributed by atoms with Gasteiger partial charge in [0.1, 0.15) is 18.0 Å². The maximum Gasteiger partial charge on any atom is 0.137 e. The van der Waals surface area contributed by atoms with Crippen LogP contribution in [0.3, 0.4) is 0 Å². The molecule has 5 heteroatoms. The number of aliphatic hydroxyl groups excluding tert-OH is 1. The molecule has 1 heterocycles. The van der Waals surface area contributed by atoms with E-state index in [2.05, 4.69) is 11.0 Å². The van der Waals surface area contributed by atoms with E-state index >= 15 is 0 Å². The summed E-state index contributed by atoms with van der Waals surface area (Å²) in [5.74, 6) is 0.713. The molecule has 0 unspecified atom stereocenters. The minimum Gasteiger partial charge on any atom is -0.490 e. The minimum absolute atomic E-state index is 0.0476. The first kappa shape index (κ1) is 18.6. The average Bonchev–Trinajstić information content (AvgIpc) is 2.95. The minimum atomic E-state index is -1.31. The number of hydrogen-bond donors (Lipinski definition) is 3. The van der Waals surface area contributed by atoms with Gasteiger partial charge in [0.15, 0.2) is 0 Å². The van der Waals surface area contributed by atoms with Gasteiger partial charge < -0.3 is 20.1 Å². The van der Waals surface area contributed by atoms with Crippen LogP contribution >= 0.6 is 0 Å². The van der Waals surface area contributed by atoms with E-state index in [0.29, 0.717) is 31.8 Å². The molecule has 0 amide bonds. The van der Waals surface area contributed by atoms with E-state index in [-0.39, 0.29) is 6.61 Å². The monoisotopic (exact) mass is 349 g/mol. The van der Waals surface area contributed by atoms with Gasteiger partial charge in [0.25, 0.3) is 0 Å². The van der Waals surface area contributed by atoms with Crippen molar-refractivity contribution in [2.24, 2.45) is 0 Å². The van der Waals surface area contributed by atoms with Crippen LogP contribution < -0.4 is 4.74 Å². The molecular formula is C20H31NO4. The molecule has 5 nitrogen and oxygen atoms in total. The summed E-state index contributed by atoms with van der Waals surface area (Å²) in [6.45, 7) is 5.64. The highest BCUT2D eigenvalue weighted by atomic mass is 16.5. The molecule has 0 radical (unpaired) electrons. The van der Waals surface area contributed by atoms with E-state index in [1.807, 2.05) is 26.0 Å². The molecule has 1 saturated carbocycles. The predicted octanol–water partition coefficient (Wildman–Crippen LogP) is 1.79. The molecule has 3 N–H and O–H groups in total. The number of ether oxygens (including phenoxy) is 1. The first-order valence-corrected chi connectivity index (χ1v) is 9.34. The third-order valence-corrected chi connectivity index (χ3v) is 5.57. The van der Waals surface area contributed by atoms with Crippen LogP contribution in [-0.2, 0) is 0 Å². The van der Waals surface area contributed by atoms with E-state index in [9.17, 15) is 15.3 Å². The second-order valence-corrected chi connectivity index (χ2v) is 8.16. The van der Waals surface area contributed by atoms with Crippen molar-refractivity contribution in [2.75, 3.05) is 26.2 Å². The van der Waals surface area contributed by atoms with Gasteiger partial charge >= 0.3 is 0 Å². The van der Waals surface area contributed by atoms with Gasteiger partial charge in [0.05, 0.1) is 11.7 Å². The molecule has 2 aliphatic rings. The van der Waals surface area contributed by atoms with Crippen LogP contribution in [-0.4, -0.2) is 63.8 Å². The molecule has 1 aromatic carbocycles. The van der Waals surface area contributed by atoms with E-state index in [1.54, 1.807) is 0 Å². The molecule has 1 saturated heterocycles. The number of benzene rings is 1. The normalized spacial score (nSPS) is 29.7. The Bertz CT molecular complexity index is 579. The summed E-state index contributed by atoms with van der Waals surface area (Å²) in [5, 5.41) is 31.9. The summed E-state index contributed by atoms with van der Waals surface area (Å²) >= 11 is 0. The molecule has 0 spiro atoms. The number of rotatable bonds is 5. The van der Waals surface area contributed by atoms with E-state index in [0.717, 1.165) is 36.8 Å². The van der Waals surface area contributed by atoms with Crippen LogP contribution in [0.1, 0.15) is 43.2 Å². The Morgan fingerprint density at radius 3 is 2.40 bits per heavy atom. The maximum absolute atomic E-state index is 11.0. The number of aryl methyl sites for hydroxylation is 2. The zero-order chi connectivity index (χ0) is 18.1. The van der Waals surface area contributed by atoms with Gasteiger partial charge in [-0.25, -0.2) is 0 Å². The van der Waals surface area contributed by atoms with Crippen LogP contribution in [0.15, 0.2) is 18.2 Å². The number of likely N-dealkylation sites (tertiary alicyclic amines) is 1. The molecule has 1 aromatic rings. The summed E-state index contributed by atoms with van der Waals surface area (Å²) < 4.78 is 5.82. The lowest BCUT2D eigenvalue weighted by Crippen LogP contribution is -2.61. The summed E-state index contributed by atoms with van der Waals surface area (Å²) in [7, 11) is 0. The summed E-state index contributed by atoms with van der Waals surface area (Å²) in [6, 6.07) is 5.94. The summed E-state index contributed by atoms with van der Waals surface area (Å²) in [4.78, 5) is 2.07. The van der Waals surface area contributed by atoms with Gasteiger partial charge in [-0.05, 0) is 56.4 Å². The van der Waals surface area contributed by atoms with Crippen LogP contribution in [0.25, 0.3) is 0 Å². The van der Waals surface area contributed by atoms with Gasteiger partial charge in [0, 0.05) is 19.6 Å². The van der Waals surface area contributed by atoms with Crippen molar-refractivity contribution in [1.29, 1.82) is 0 Å². The van der Waals surface area contributed by atoms with Gasteiger partial charge in [0.2, 0.25) is 0 Å². The molecule has 1 aliphatic heterocycles. The van der Waals surface area contributed by atoms with Crippen molar-refractivity contribution in [3.63, 3.8) is 0 Å². The van der Waals surface area contributed by atoms with Gasteiger partial charge in [-0.3, -0.25) is 4.90 Å². The Morgan fingerprint density at radius 1 is 1.12 bits per heavy atom. The molecule has 1 aliphatic carbocycles. The lowest BCUT2D eigenvalue weighted by atomic mass is 9.89. The molecule has 140 valence electrons. The van der Waals surface area contributed by atoms with Gasteiger partial charge in [-0.2, -0.15) is 0 Å². The zero-order valence-corrected chi connectivity index (χ0v) is 15.4. The van der Waals surface area contributed by atoms with E-state index in [1.165, 1.54) is 0 Å². The van der Waals surface area contributed by atoms with Crippen LogP contribution in [0.5, 0.6) is 5.75 Å². The van der Waals surface area contributed by atoms with Crippen LogP contribution in [0.2, 0.25) is 0 Å². The average molecular weight is 349 g/mol. The molecule has 0 bridgehead atoms. The van der Waals surface area contributed by atoms with E-state index in [4.69, 9.17) is 4.74 Å². The standard InChI is InChI=1S/C20H31NO4/c1-15-9-16(2)11-17(10-15)25-14-20(24)13-21(8-5-18(20)22)12-19(23)6-3-4-7-19/h9-11,18,22-24H,3-8,12-14H2,1-2H3/t18-,20-/m0/s1. The Morgan fingerprint density at radius 2 is 1.76 bits per heavy atom. The fourth-order valence-corrected chi connectivity index (χ4v) is 4.25. The number of piperidine rings is 1. The molecule has 3 rings (SSSR count). The van der Waals surface area contributed by atoms with Crippen LogP contribution in [0.4, 0.5) is 0 Å². The van der Waals surface area contributed by atoms with Gasteiger partial charge in [-0.15, -0.1) is 0 Å². The highest BCUT2D eigenvalue weighted by molar-refractivity contribution is 5.33. The maximum atomic E-state index is 11.0. The van der Waals surface area contributed by atoms with Crippen molar-refractivity contribution in [3.8, 4) is 5.75 Å². The fourth-order valence-electron chi connectivity index (χ4n) is 4.25. The lowest BCUT2D eigenvalue weighted by Gasteiger charge is -2.44. The quantitative estimate of drug-likeness (QED) is 0.756. The smallest absolute Gasteiger partial charge is 0.137 e. The van der Waals surface area contributed by atoms with Crippen molar-refractivity contribution in [1.82, 2.24) is 4.90 Å².